The molecule has 0 bridgehead atoms. The van der Waals surface area contributed by atoms with Gasteiger partial charge in [-0.05, 0) is 48.7 Å². The van der Waals surface area contributed by atoms with Gasteiger partial charge in [0.1, 0.15) is 0 Å². The number of hydrogen-bond donors (Lipinski definition) is 2. The van der Waals surface area contributed by atoms with Crippen LogP contribution in [0.15, 0.2) is 36.4 Å². The van der Waals surface area contributed by atoms with E-state index >= 15 is 0 Å². The Morgan fingerprint density at radius 2 is 1.86 bits per heavy atom. The van der Waals surface area contributed by atoms with E-state index in [0.29, 0.717) is 10.8 Å². The van der Waals surface area contributed by atoms with Gasteiger partial charge in [0.15, 0.2) is 11.5 Å². The number of fused-ring (bicyclic) bond motifs is 2. The van der Waals surface area contributed by atoms with Crippen LogP contribution in [-0.2, 0) is 15.6 Å². The number of ether oxygens (including phenoxy) is 2. The van der Waals surface area contributed by atoms with Crippen molar-refractivity contribution >= 4 is 34.1 Å². The maximum atomic E-state index is 13.2. The number of carbonyl (C=O) groups excluding carboxylic acids is 1. The lowest BCUT2D eigenvalue weighted by Gasteiger charge is -2.17. The van der Waals surface area contributed by atoms with Crippen LogP contribution in [-0.4, -0.2) is 17.7 Å². The molecule has 0 spiro atoms. The van der Waals surface area contributed by atoms with Gasteiger partial charge in [-0.2, -0.15) is 0 Å². The third-order valence-electron chi connectivity index (χ3n) is 5.85. The van der Waals surface area contributed by atoms with Gasteiger partial charge in [0.05, 0.1) is 10.4 Å². The first-order valence-electron chi connectivity index (χ1n) is 9.81. The van der Waals surface area contributed by atoms with Crippen LogP contribution < -0.4 is 14.8 Å². The minimum absolute atomic E-state index is 0.00146. The summed E-state index contributed by atoms with van der Waals surface area (Å²) >= 11 is 6.63. The number of aromatic nitrogens is 1. The van der Waals surface area contributed by atoms with E-state index in [1.54, 1.807) is 0 Å². The number of nitrogens with one attached hydrogen (secondary N) is 2. The molecule has 2 N–H and O–H groups in total. The van der Waals surface area contributed by atoms with Crippen molar-refractivity contribution in [2.45, 2.75) is 44.4 Å². The van der Waals surface area contributed by atoms with Crippen LogP contribution in [0.3, 0.4) is 0 Å². The molecule has 0 radical (unpaired) electrons. The van der Waals surface area contributed by atoms with Crippen molar-refractivity contribution in [3.05, 3.63) is 52.7 Å². The fraction of sp³-hybridized carbons (Fsp3) is 0.348. The fourth-order valence-corrected chi connectivity index (χ4v) is 4.46. The molecule has 1 aliphatic heterocycles. The molecule has 3 aromatic rings. The summed E-state index contributed by atoms with van der Waals surface area (Å²) in [6.45, 7) is 6.59. The van der Waals surface area contributed by atoms with Crippen LogP contribution in [0.25, 0.3) is 10.9 Å². The van der Waals surface area contributed by atoms with Crippen molar-refractivity contribution in [3.8, 4) is 11.5 Å². The van der Waals surface area contributed by atoms with Gasteiger partial charge in [-0.3, -0.25) is 4.79 Å². The zero-order valence-electron chi connectivity index (χ0n) is 16.7. The Hall–Kier alpha value is -2.66. The van der Waals surface area contributed by atoms with Crippen LogP contribution in [0.1, 0.15) is 44.9 Å². The average molecular weight is 411 g/mol. The molecule has 2 heterocycles. The van der Waals surface area contributed by atoms with E-state index in [1.807, 2.05) is 36.4 Å². The molecule has 5 rings (SSSR count). The summed E-state index contributed by atoms with van der Waals surface area (Å²) in [5.41, 5.74) is 3.09. The molecule has 0 unspecified atom stereocenters. The van der Waals surface area contributed by atoms with Crippen LogP contribution in [0.2, 0.25) is 5.02 Å². The van der Waals surface area contributed by atoms with E-state index in [9.17, 15) is 4.79 Å². The molecule has 1 aromatic heterocycles. The largest absolute Gasteiger partial charge is 0.454 e. The second kappa shape index (κ2) is 6.17. The molecule has 150 valence electrons. The zero-order valence-corrected chi connectivity index (χ0v) is 17.4. The number of aromatic amines is 1. The van der Waals surface area contributed by atoms with Crippen LogP contribution in [0, 0.1) is 0 Å². The summed E-state index contributed by atoms with van der Waals surface area (Å²) in [5.74, 6) is 1.43. The highest BCUT2D eigenvalue weighted by molar-refractivity contribution is 6.36. The van der Waals surface area contributed by atoms with Gasteiger partial charge in [-0.1, -0.05) is 38.4 Å². The monoisotopic (exact) mass is 410 g/mol. The quantitative estimate of drug-likeness (QED) is 0.597. The Morgan fingerprint density at radius 3 is 2.59 bits per heavy atom. The Morgan fingerprint density at radius 1 is 1.10 bits per heavy atom. The Labute approximate surface area is 174 Å². The predicted octanol–water partition coefficient (Wildman–Crippen LogP) is 5.52. The lowest BCUT2D eigenvalue weighted by atomic mass is 9.92. The number of H-pyrrole nitrogens is 1. The van der Waals surface area contributed by atoms with Crippen LogP contribution in [0.4, 0.5) is 5.69 Å². The van der Waals surface area contributed by atoms with Crippen molar-refractivity contribution in [1.82, 2.24) is 4.98 Å². The first-order chi connectivity index (χ1) is 13.8. The summed E-state index contributed by atoms with van der Waals surface area (Å²) in [4.78, 5) is 16.6. The Bertz CT molecular complexity index is 1140. The lowest BCUT2D eigenvalue weighted by molar-refractivity contribution is -0.118. The summed E-state index contributed by atoms with van der Waals surface area (Å²) in [7, 11) is 0. The summed E-state index contributed by atoms with van der Waals surface area (Å²) in [5, 5.41) is 4.72. The van der Waals surface area contributed by atoms with Crippen molar-refractivity contribution in [2.24, 2.45) is 0 Å². The van der Waals surface area contributed by atoms with Gasteiger partial charge >= 0.3 is 0 Å². The molecule has 1 fully saturated rings. The molecule has 0 saturated heterocycles. The highest BCUT2D eigenvalue weighted by Gasteiger charge is 2.51. The number of hydrogen-bond acceptors (Lipinski definition) is 3. The van der Waals surface area contributed by atoms with Crippen LogP contribution in [0.5, 0.6) is 11.5 Å². The Kier molecular flexibility index (Phi) is 3.91. The van der Waals surface area contributed by atoms with E-state index in [2.05, 4.69) is 31.1 Å². The van der Waals surface area contributed by atoms with E-state index in [0.717, 1.165) is 46.4 Å². The molecule has 2 aromatic carbocycles. The molecule has 5 nitrogen and oxygen atoms in total. The van der Waals surface area contributed by atoms with E-state index in [1.165, 1.54) is 0 Å². The number of halogens is 1. The average Bonchev–Trinajstić information content (AvgIpc) is 3.24. The maximum absolute atomic E-state index is 13.2. The third-order valence-corrected chi connectivity index (χ3v) is 6.25. The summed E-state index contributed by atoms with van der Waals surface area (Å²) in [6.07, 6.45) is 1.64. The molecule has 0 atom stereocenters. The van der Waals surface area contributed by atoms with E-state index < -0.39 is 5.41 Å². The number of rotatable bonds is 3. The van der Waals surface area contributed by atoms with Gasteiger partial charge in [0.25, 0.3) is 0 Å². The van der Waals surface area contributed by atoms with Crippen molar-refractivity contribution < 1.29 is 14.3 Å². The summed E-state index contributed by atoms with van der Waals surface area (Å²) < 4.78 is 10.9. The standard InChI is InChI=1S/C23H23ClN2O3/c1-22(2,3)20-19(24)15-11-14(5-6-16(15)26-20)25-21(27)23(8-9-23)13-4-7-17-18(10-13)29-12-28-17/h4-7,10-11,26H,8-9,12H2,1-3H3,(H,25,27). The van der Waals surface area contributed by atoms with E-state index in [4.69, 9.17) is 21.1 Å². The van der Waals surface area contributed by atoms with Crippen molar-refractivity contribution in [1.29, 1.82) is 0 Å². The number of benzene rings is 2. The van der Waals surface area contributed by atoms with Crippen molar-refractivity contribution in [3.63, 3.8) is 0 Å². The molecule has 1 aliphatic carbocycles. The normalized spacial score (nSPS) is 16.8. The lowest BCUT2D eigenvalue weighted by Crippen LogP contribution is -2.27. The summed E-state index contributed by atoms with van der Waals surface area (Å²) in [6, 6.07) is 11.6. The highest BCUT2D eigenvalue weighted by Crippen LogP contribution is 2.51. The molecule has 6 heteroatoms. The topological polar surface area (TPSA) is 63.4 Å². The smallest absolute Gasteiger partial charge is 0.235 e. The number of carbonyl (C=O) groups is 1. The highest BCUT2D eigenvalue weighted by atomic mass is 35.5. The molecule has 1 saturated carbocycles. The second-order valence-corrected chi connectivity index (χ2v) is 9.31. The van der Waals surface area contributed by atoms with Crippen LogP contribution >= 0.6 is 11.6 Å². The van der Waals surface area contributed by atoms with Gasteiger partial charge in [0, 0.05) is 27.7 Å². The Balaban J connectivity index is 1.43. The third kappa shape index (κ3) is 2.96. The van der Waals surface area contributed by atoms with Gasteiger partial charge in [-0.25, -0.2) is 0 Å². The van der Waals surface area contributed by atoms with Gasteiger partial charge < -0.3 is 19.8 Å². The zero-order chi connectivity index (χ0) is 20.4. The first-order valence-corrected chi connectivity index (χ1v) is 10.2. The number of anilines is 1. The van der Waals surface area contributed by atoms with Gasteiger partial charge in [-0.15, -0.1) is 0 Å². The fourth-order valence-electron chi connectivity index (χ4n) is 3.97. The molecular formula is C23H23ClN2O3. The minimum Gasteiger partial charge on any atom is -0.454 e. The van der Waals surface area contributed by atoms with Gasteiger partial charge in [0.2, 0.25) is 12.7 Å². The van der Waals surface area contributed by atoms with E-state index in [-0.39, 0.29) is 18.1 Å². The number of amides is 1. The molecular weight excluding hydrogens is 388 g/mol. The molecule has 1 amide bonds. The first kappa shape index (κ1) is 18.4. The molecule has 29 heavy (non-hydrogen) atoms. The SMILES string of the molecule is CC(C)(C)c1[nH]c2ccc(NC(=O)C3(c4ccc5c(c4)OCO5)CC3)cc2c1Cl. The predicted molar refractivity (Wildman–Crippen MR) is 114 cm³/mol. The molecule has 2 aliphatic rings. The maximum Gasteiger partial charge on any atom is 0.235 e. The minimum atomic E-state index is -0.506. The van der Waals surface area contributed by atoms with Crippen molar-refractivity contribution in [2.75, 3.05) is 12.1 Å². The second-order valence-electron chi connectivity index (χ2n) is 8.93.